The summed E-state index contributed by atoms with van der Waals surface area (Å²) in [6, 6.07) is 3.49. The summed E-state index contributed by atoms with van der Waals surface area (Å²) in [4.78, 5) is 11.6. The molecule has 1 aromatic carbocycles. The number of rotatable bonds is 2. The van der Waals surface area contributed by atoms with Gasteiger partial charge >= 0.3 is 6.03 Å². The summed E-state index contributed by atoms with van der Waals surface area (Å²) in [7, 11) is 0. The van der Waals surface area contributed by atoms with Crippen LogP contribution >= 0.6 is 0 Å². The quantitative estimate of drug-likeness (QED) is 0.681. The number of benzene rings is 1. The van der Waals surface area contributed by atoms with Crippen LogP contribution in [0, 0.1) is 5.82 Å². The van der Waals surface area contributed by atoms with E-state index in [0.717, 1.165) is 12.5 Å². The average molecular weight is 239 g/mol. The number of nitrogens with one attached hydrogen (secondary N) is 2. The molecule has 6 heteroatoms. The molecule has 0 aromatic heterocycles. The van der Waals surface area contributed by atoms with Crippen molar-refractivity contribution in [2.75, 3.05) is 24.3 Å². The topological polar surface area (TPSA) is 76.4 Å². The second-order valence-corrected chi connectivity index (χ2v) is 3.89. The summed E-state index contributed by atoms with van der Waals surface area (Å²) in [5.41, 5.74) is 6.16. The molecule has 17 heavy (non-hydrogen) atoms. The fraction of sp³-hybridized carbons (Fsp3) is 0.364. The normalized spacial score (nSPS) is 19.0. The first-order valence-electron chi connectivity index (χ1n) is 5.35. The van der Waals surface area contributed by atoms with Gasteiger partial charge in [-0.2, -0.15) is 0 Å². The van der Waals surface area contributed by atoms with Crippen LogP contribution in [-0.4, -0.2) is 25.3 Å². The second-order valence-electron chi connectivity index (χ2n) is 3.89. The standard InChI is InChI=1S/C11H14FN3O2/c12-7-1-2-10(9(13)5-7)15-11(16)14-8-3-4-17-6-8/h1-2,5,8H,3-4,6,13H2,(H2,14,15,16). The summed E-state index contributed by atoms with van der Waals surface area (Å²) in [6.07, 6.45) is 0.798. The summed E-state index contributed by atoms with van der Waals surface area (Å²) in [5.74, 6) is -0.433. The largest absolute Gasteiger partial charge is 0.397 e. The molecule has 5 nitrogen and oxygen atoms in total. The van der Waals surface area contributed by atoms with Crippen molar-refractivity contribution in [2.24, 2.45) is 0 Å². The Morgan fingerprint density at radius 2 is 2.35 bits per heavy atom. The number of halogens is 1. The van der Waals surface area contributed by atoms with E-state index in [0.29, 0.717) is 18.9 Å². The first kappa shape index (κ1) is 11.7. The van der Waals surface area contributed by atoms with Crippen molar-refractivity contribution < 1.29 is 13.9 Å². The number of amides is 2. The van der Waals surface area contributed by atoms with Crippen LogP contribution in [-0.2, 0) is 4.74 Å². The molecule has 2 amide bonds. The Morgan fingerprint density at radius 3 is 3.00 bits per heavy atom. The van der Waals surface area contributed by atoms with Crippen molar-refractivity contribution in [1.82, 2.24) is 5.32 Å². The molecule has 1 aliphatic rings. The number of hydrogen-bond acceptors (Lipinski definition) is 3. The average Bonchev–Trinajstić information content (AvgIpc) is 2.75. The molecule has 92 valence electrons. The van der Waals surface area contributed by atoms with E-state index in [-0.39, 0.29) is 17.8 Å². The van der Waals surface area contributed by atoms with E-state index in [2.05, 4.69) is 10.6 Å². The predicted molar refractivity (Wildman–Crippen MR) is 62.2 cm³/mol. The molecule has 0 spiro atoms. The van der Waals surface area contributed by atoms with E-state index in [1.165, 1.54) is 12.1 Å². The molecule has 1 saturated heterocycles. The zero-order valence-corrected chi connectivity index (χ0v) is 9.20. The van der Waals surface area contributed by atoms with Gasteiger partial charge < -0.3 is 21.1 Å². The highest BCUT2D eigenvalue weighted by Gasteiger charge is 2.17. The van der Waals surface area contributed by atoms with E-state index in [9.17, 15) is 9.18 Å². The van der Waals surface area contributed by atoms with Gasteiger partial charge in [0, 0.05) is 6.61 Å². The smallest absolute Gasteiger partial charge is 0.319 e. The Morgan fingerprint density at radius 1 is 1.53 bits per heavy atom. The first-order chi connectivity index (χ1) is 8.15. The van der Waals surface area contributed by atoms with Gasteiger partial charge in [-0.05, 0) is 24.6 Å². The zero-order valence-electron chi connectivity index (χ0n) is 9.20. The number of ether oxygens (including phenoxy) is 1. The summed E-state index contributed by atoms with van der Waals surface area (Å²) in [5, 5.41) is 5.31. The van der Waals surface area contributed by atoms with Crippen molar-refractivity contribution in [3.05, 3.63) is 24.0 Å². The highest BCUT2D eigenvalue weighted by molar-refractivity contribution is 5.92. The monoisotopic (exact) mass is 239 g/mol. The zero-order chi connectivity index (χ0) is 12.3. The van der Waals surface area contributed by atoms with Crippen molar-refractivity contribution in [3.63, 3.8) is 0 Å². The first-order valence-corrected chi connectivity index (χ1v) is 5.35. The highest BCUT2D eigenvalue weighted by atomic mass is 19.1. The van der Waals surface area contributed by atoms with Crippen LogP contribution in [0.5, 0.6) is 0 Å². The Bertz CT molecular complexity index is 419. The van der Waals surface area contributed by atoms with Gasteiger partial charge in [-0.25, -0.2) is 9.18 Å². The lowest BCUT2D eigenvalue weighted by Crippen LogP contribution is -2.38. The molecule has 0 saturated carbocycles. The van der Waals surface area contributed by atoms with Crippen LogP contribution in [0.1, 0.15) is 6.42 Å². The summed E-state index contributed by atoms with van der Waals surface area (Å²) in [6.45, 7) is 1.18. The third-order valence-electron chi connectivity index (χ3n) is 2.53. The number of carbonyl (C=O) groups is 1. The molecular formula is C11H14FN3O2. The fourth-order valence-electron chi connectivity index (χ4n) is 1.64. The lowest BCUT2D eigenvalue weighted by Gasteiger charge is -2.13. The molecule has 1 heterocycles. The van der Waals surface area contributed by atoms with Crippen molar-refractivity contribution in [1.29, 1.82) is 0 Å². The molecule has 1 aliphatic heterocycles. The molecule has 1 aromatic rings. The van der Waals surface area contributed by atoms with Gasteiger partial charge in [0.05, 0.1) is 24.0 Å². The summed E-state index contributed by atoms with van der Waals surface area (Å²) < 4.78 is 17.9. The van der Waals surface area contributed by atoms with E-state index in [1.807, 2.05) is 0 Å². The van der Waals surface area contributed by atoms with Crippen molar-refractivity contribution in [2.45, 2.75) is 12.5 Å². The van der Waals surface area contributed by atoms with Gasteiger partial charge in [0.25, 0.3) is 0 Å². The molecule has 2 rings (SSSR count). The number of hydrogen-bond donors (Lipinski definition) is 3. The van der Waals surface area contributed by atoms with Gasteiger partial charge in [0.1, 0.15) is 5.82 Å². The number of nitrogen functional groups attached to an aromatic ring is 1. The Labute approximate surface area is 98.1 Å². The van der Waals surface area contributed by atoms with Gasteiger partial charge in [-0.15, -0.1) is 0 Å². The van der Waals surface area contributed by atoms with E-state index in [4.69, 9.17) is 10.5 Å². The van der Waals surface area contributed by atoms with Crippen LogP contribution in [0.15, 0.2) is 18.2 Å². The third-order valence-corrected chi connectivity index (χ3v) is 2.53. The van der Waals surface area contributed by atoms with Crippen molar-refractivity contribution >= 4 is 17.4 Å². The molecule has 0 radical (unpaired) electrons. The van der Waals surface area contributed by atoms with Gasteiger partial charge in [0.2, 0.25) is 0 Å². The Balaban J connectivity index is 1.93. The number of nitrogens with two attached hydrogens (primary N) is 1. The van der Waals surface area contributed by atoms with Crippen LogP contribution in [0.25, 0.3) is 0 Å². The lowest BCUT2D eigenvalue weighted by atomic mass is 10.2. The van der Waals surface area contributed by atoms with Gasteiger partial charge in [-0.3, -0.25) is 0 Å². The number of anilines is 2. The maximum absolute atomic E-state index is 12.8. The predicted octanol–water partition coefficient (Wildman–Crippen LogP) is 1.32. The SMILES string of the molecule is Nc1cc(F)ccc1NC(=O)NC1CCOC1. The van der Waals surface area contributed by atoms with Gasteiger partial charge in [-0.1, -0.05) is 0 Å². The molecule has 4 N–H and O–H groups in total. The Hall–Kier alpha value is -1.82. The minimum absolute atomic E-state index is 0.0247. The van der Waals surface area contributed by atoms with E-state index in [1.54, 1.807) is 0 Å². The maximum Gasteiger partial charge on any atom is 0.319 e. The lowest BCUT2D eigenvalue weighted by molar-refractivity contribution is 0.189. The molecule has 1 fully saturated rings. The van der Waals surface area contributed by atoms with E-state index >= 15 is 0 Å². The molecule has 0 aliphatic carbocycles. The summed E-state index contributed by atoms with van der Waals surface area (Å²) >= 11 is 0. The van der Waals surface area contributed by atoms with Gasteiger partial charge in [0.15, 0.2) is 0 Å². The minimum Gasteiger partial charge on any atom is -0.397 e. The maximum atomic E-state index is 12.8. The minimum atomic E-state index is -0.433. The Kier molecular flexibility index (Phi) is 3.43. The molecule has 1 atom stereocenters. The molecular weight excluding hydrogens is 225 g/mol. The van der Waals surface area contributed by atoms with Crippen LogP contribution in [0.4, 0.5) is 20.6 Å². The van der Waals surface area contributed by atoms with E-state index < -0.39 is 5.82 Å². The highest BCUT2D eigenvalue weighted by Crippen LogP contribution is 2.18. The van der Waals surface area contributed by atoms with Crippen LogP contribution < -0.4 is 16.4 Å². The number of urea groups is 1. The van der Waals surface area contributed by atoms with Crippen LogP contribution in [0.3, 0.4) is 0 Å². The van der Waals surface area contributed by atoms with Crippen LogP contribution in [0.2, 0.25) is 0 Å². The molecule has 0 bridgehead atoms. The number of carbonyl (C=O) groups excluding carboxylic acids is 1. The third kappa shape index (κ3) is 3.07. The second kappa shape index (κ2) is 5.01. The molecule has 1 unspecified atom stereocenters. The fourth-order valence-corrected chi connectivity index (χ4v) is 1.64. The van der Waals surface area contributed by atoms with Crippen molar-refractivity contribution in [3.8, 4) is 0 Å².